The van der Waals surface area contributed by atoms with Crippen LogP contribution < -0.4 is 15.4 Å². The first-order valence-corrected chi connectivity index (χ1v) is 9.09. The summed E-state index contributed by atoms with van der Waals surface area (Å²) in [5, 5.41) is 14.5. The minimum Gasteiger partial charge on any atom is -0.489 e. The zero-order chi connectivity index (χ0) is 19.9. The van der Waals surface area contributed by atoms with Gasteiger partial charge in [0.05, 0.1) is 0 Å². The monoisotopic (exact) mass is 382 g/mol. The highest BCUT2D eigenvalue weighted by Gasteiger charge is 2.30. The molecule has 0 aliphatic carbocycles. The highest BCUT2D eigenvalue weighted by atomic mass is 16.5. The zero-order valence-corrected chi connectivity index (χ0v) is 15.3. The van der Waals surface area contributed by atoms with Gasteiger partial charge in [0, 0.05) is 12.8 Å². The smallest absolute Gasteiger partial charge is 0.326 e. The Morgan fingerprint density at radius 3 is 2.57 bits per heavy atom. The Bertz CT molecular complexity index is 853. The number of hydrogen-bond donors (Lipinski definition) is 3. The fourth-order valence-corrected chi connectivity index (χ4v) is 3.02. The van der Waals surface area contributed by atoms with E-state index in [9.17, 15) is 19.5 Å². The molecule has 7 nitrogen and oxygen atoms in total. The molecular weight excluding hydrogens is 360 g/mol. The van der Waals surface area contributed by atoms with E-state index in [1.54, 1.807) is 24.3 Å². The molecule has 1 aliphatic heterocycles. The van der Waals surface area contributed by atoms with Crippen LogP contribution in [-0.2, 0) is 27.4 Å². The molecule has 2 atom stereocenters. The maximum absolute atomic E-state index is 12.2. The number of carbonyl (C=O) groups is 3. The molecule has 2 amide bonds. The van der Waals surface area contributed by atoms with Crippen LogP contribution in [0.3, 0.4) is 0 Å². The molecule has 0 saturated carbocycles. The SMILES string of the molecule is O=C1CC[C@@H](C(=O)N[C@H](Cc2cccc(OCc3ccccc3)c2)C(=O)O)N1. The second kappa shape index (κ2) is 9.03. The van der Waals surface area contributed by atoms with Gasteiger partial charge in [0.1, 0.15) is 24.4 Å². The Balaban J connectivity index is 1.60. The molecule has 0 aromatic heterocycles. The van der Waals surface area contributed by atoms with Crippen LogP contribution in [0, 0.1) is 0 Å². The number of rotatable bonds is 8. The summed E-state index contributed by atoms with van der Waals surface area (Å²) in [4.78, 5) is 35.0. The molecule has 7 heteroatoms. The van der Waals surface area contributed by atoms with Gasteiger partial charge in [-0.15, -0.1) is 0 Å². The number of nitrogens with one attached hydrogen (secondary N) is 2. The lowest BCUT2D eigenvalue weighted by Crippen LogP contribution is -2.49. The number of ether oxygens (including phenoxy) is 1. The van der Waals surface area contributed by atoms with Crippen LogP contribution in [0.15, 0.2) is 54.6 Å². The fraction of sp³-hybridized carbons (Fsp3) is 0.286. The third-order valence-electron chi connectivity index (χ3n) is 4.51. The predicted octanol–water partition coefficient (Wildman–Crippen LogP) is 1.66. The lowest BCUT2D eigenvalue weighted by molar-refractivity contribution is -0.142. The van der Waals surface area contributed by atoms with Crippen LogP contribution in [0.4, 0.5) is 0 Å². The molecule has 3 rings (SSSR count). The minimum atomic E-state index is -1.13. The van der Waals surface area contributed by atoms with Gasteiger partial charge >= 0.3 is 5.97 Å². The van der Waals surface area contributed by atoms with Gasteiger partial charge in [0.15, 0.2) is 0 Å². The maximum atomic E-state index is 12.2. The van der Waals surface area contributed by atoms with Crippen LogP contribution in [0.2, 0.25) is 0 Å². The van der Waals surface area contributed by atoms with E-state index in [4.69, 9.17) is 4.74 Å². The molecule has 2 aromatic carbocycles. The van der Waals surface area contributed by atoms with Gasteiger partial charge in [-0.1, -0.05) is 42.5 Å². The Hall–Kier alpha value is -3.35. The molecule has 3 N–H and O–H groups in total. The second-order valence-electron chi connectivity index (χ2n) is 6.68. The van der Waals surface area contributed by atoms with E-state index in [-0.39, 0.29) is 18.7 Å². The van der Waals surface area contributed by atoms with Crippen molar-refractivity contribution in [2.75, 3.05) is 0 Å². The van der Waals surface area contributed by atoms with Gasteiger partial charge in [-0.05, 0) is 29.7 Å². The van der Waals surface area contributed by atoms with Crippen LogP contribution in [-0.4, -0.2) is 35.0 Å². The largest absolute Gasteiger partial charge is 0.489 e. The first-order chi connectivity index (χ1) is 13.5. The van der Waals surface area contributed by atoms with Crippen LogP contribution in [0.1, 0.15) is 24.0 Å². The molecule has 146 valence electrons. The summed E-state index contributed by atoms with van der Waals surface area (Å²) < 4.78 is 5.77. The van der Waals surface area contributed by atoms with Crippen molar-refractivity contribution in [3.63, 3.8) is 0 Å². The van der Waals surface area contributed by atoms with E-state index >= 15 is 0 Å². The molecule has 1 heterocycles. The molecule has 1 saturated heterocycles. The molecule has 0 bridgehead atoms. The minimum absolute atomic E-state index is 0.115. The molecule has 0 spiro atoms. The molecule has 2 aromatic rings. The number of carboxylic acids is 1. The first-order valence-electron chi connectivity index (χ1n) is 9.09. The lowest BCUT2D eigenvalue weighted by atomic mass is 10.0. The van der Waals surface area contributed by atoms with E-state index in [0.29, 0.717) is 18.8 Å². The van der Waals surface area contributed by atoms with Crippen LogP contribution >= 0.6 is 0 Å². The number of benzene rings is 2. The van der Waals surface area contributed by atoms with Crippen molar-refractivity contribution >= 4 is 17.8 Å². The zero-order valence-electron chi connectivity index (χ0n) is 15.3. The third-order valence-corrected chi connectivity index (χ3v) is 4.51. The number of carboxylic acid groups (broad SMARTS) is 1. The summed E-state index contributed by atoms with van der Waals surface area (Å²) in [6.45, 7) is 0.408. The van der Waals surface area contributed by atoms with E-state index in [1.165, 1.54) is 0 Å². The number of aliphatic carboxylic acids is 1. The van der Waals surface area contributed by atoms with Crippen molar-refractivity contribution in [3.05, 3.63) is 65.7 Å². The highest BCUT2D eigenvalue weighted by Crippen LogP contribution is 2.17. The summed E-state index contributed by atoms with van der Waals surface area (Å²) in [5.74, 6) is -1.18. The Morgan fingerprint density at radius 1 is 1.14 bits per heavy atom. The van der Waals surface area contributed by atoms with Crippen LogP contribution in [0.25, 0.3) is 0 Å². The normalized spacial score (nSPS) is 16.9. The Morgan fingerprint density at radius 2 is 1.89 bits per heavy atom. The van der Waals surface area contributed by atoms with Crippen molar-refractivity contribution in [1.29, 1.82) is 0 Å². The summed E-state index contributed by atoms with van der Waals surface area (Å²) >= 11 is 0. The van der Waals surface area contributed by atoms with E-state index < -0.39 is 24.0 Å². The molecule has 28 heavy (non-hydrogen) atoms. The maximum Gasteiger partial charge on any atom is 0.326 e. The molecule has 1 fully saturated rings. The van der Waals surface area contributed by atoms with Crippen molar-refractivity contribution in [2.45, 2.75) is 38.0 Å². The van der Waals surface area contributed by atoms with Crippen molar-refractivity contribution in [1.82, 2.24) is 10.6 Å². The quantitative estimate of drug-likeness (QED) is 0.644. The second-order valence-corrected chi connectivity index (χ2v) is 6.68. The highest BCUT2D eigenvalue weighted by molar-refractivity contribution is 5.92. The van der Waals surface area contributed by atoms with Crippen molar-refractivity contribution in [2.24, 2.45) is 0 Å². The summed E-state index contributed by atoms with van der Waals surface area (Å²) in [7, 11) is 0. The Kier molecular flexibility index (Phi) is 6.26. The first kappa shape index (κ1) is 19.4. The summed E-state index contributed by atoms with van der Waals surface area (Å²) in [5.41, 5.74) is 1.76. The fourth-order valence-electron chi connectivity index (χ4n) is 3.02. The van der Waals surface area contributed by atoms with Gasteiger partial charge in [0.25, 0.3) is 0 Å². The van der Waals surface area contributed by atoms with Gasteiger partial charge in [-0.2, -0.15) is 0 Å². The lowest BCUT2D eigenvalue weighted by Gasteiger charge is -2.18. The average molecular weight is 382 g/mol. The number of carbonyl (C=O) groups excluding carboxylic acids is 2. The van der Waals surface area contributed by atoms with Gasteiger partial charge < -0.3 is 20.5 Å². The van der Waals surface area contributed by atoms with Crippen molar-refractivity contribution < 1.29 is 24.2 Å². The molecule has 0 radical (unpaired) electrons. The van der Waals surface area contributed by atoms with E-state index in [2.05, 4.69) is 10.6 Å². The summed E-state index contributed by atoms with van der Waals surface area (Å²) in [6, 6.07) is 15.1. The van der Waals surface area contributed by atoms with Gasteiger partial charge in [-0.25, -0.2) is 4.79 Å². The predicted molar refractivity (Wildman–Crippen MR) is 102 cm³/mol. The van der Waals surface area contributed by atoms with E-state index in [0.717, 1.165) is 11.1 Å². The van der Waals surface area contributed by atoms with Crippen molar-refractivity contribution in [3.8, 4) is 5.75 Å². The van der Waals surface area contributed by atoms with Gasteiger partial charge in [0.2, 0.25) is 11.8 Å². The number of hydrogen-bond acceptors (Lipinski definition) is 4. The standard InChI is InChI=1S/C21H22N2O5/c24-19-10-9-17(22-19)20(25)23-18(21(26)27)12-15-7-4-8-16(11-15)28-13-14-5-2-1-3-6-14/h1-8,11,17-18H,9-10,12-13H2,(H,22,24)(H,23,25)(H,26,27)/t17-,18+/m0/s1. The Labute approximate surface area is 162 Å². The topological polar surface area (TPSA) is 105 Å². The molecular formula is C21H22N2O5. The molecule has 1 aliphatic rings. The average Bonchev–Trinajstić information content (AvgIpc) is 3.13. The number of amides is 2. The third kappa shape index (κ3) is 5.33. The van der Waals surface area contributed by atoms with Gasteiger partial charge in [-0.3, -0.25) is 9.59 Å². The summed E-state index contributed by atoms with van der Waals surface area (Å²) in [6.07, 6.45) is 0.765. The van der Waals surface area contributed by atoms with Crippen LogP contribution in [0.5, 0.6) is 5.75 Å². The van der Waals surface area contributed by atoms with E-state index in [1.807, 2.05) is 30.3 Å². The molecule has 0 unspecified atom stereocenters.